The number of benzene rings is 1. The van der Waals surface area contributed by atoms with Crippen molar-refractivity contribution < 1.29 is 24.5 Å². The van der Waals surface area contributed by atoms with Crippen LogP contribution in [-0.4, -0.2) is 59.5 Å². The first-order chi connectivity index (χ1) is 12.4. The molecule has 0 bridgehead atoms. The Morgan fingerprint density at radius 3 is 2.15 bits per heavy atom. The molecule has 1 amide bonds. The summed E-state index contributed by atoms with van der Waals surface area (Å²) < 4.78 is 4.97. The highest BCUT2D eigenvalue weighted by molar-refractivity contribution is 8.00. The van der Waals surface area contributed by atoms with E-state index >= 15 is 0 Å². The maximum atomic E-state index is 11.9. The molecule has 0 unspecified atom stereocenters. The van der Waals surface area contributed by atoms with Gasteiger partial charge in [0.15, 0.2) is 0 Å². The van der Waals surface area contributed by atoms with Crippen LogP contribution in [0.5, 0.6) is 0 Å². The fourth-order valence-electron chi connectivity index (χ4n) is 2.09. The van der Waals surface area contributed by atoms with Crippen LogP contribution in [0.4, 0.5) is 0 Å². The number of aliphatic hydroxyl groups is 2. The van der Waals surface area contributed by atoms with Crippen LogP contribution in [0.1, 0.15) is 25.8 Å². The van der Waals surface area contributed by atoms with Crippen LogP contribution >= 0.6 is 23.5 Å². The van der Waals surface area contributed by atoms with Crippen molar-refractivity contribution in [2.45, 2.75) is 42.6 Å². The highest BCUT2D eigenvalue weighted by Gasteiger charge is 2.09. The summed E-state index contributed by atoms with van der Waals surface area (Å²) in [5.74, 6) is 0.556. The van der Waals surface area contributed by atoms with Gasteiger partial charge in [0.1, 0.15) is 6.54 Å². The van der Waals surface area contributed by atoms with Gasteiger partial charge in [-0.05, 0) is 44.0 Å². The molecule has 0 aliphatic carbocycles. The summed E-state index contributed by atoms with van der Waals surface area (Å²) in [6.45, 7) is 3.59. The molecule has 26 heavy (non-hydrogen) atoms. The fraction of sp³-hybridized carbons (Fsp3) is 0.556. The van der Waals surface area contributed by atoms with Crippen LogP contribution < -0.4 is 5.32 Å². The second-order valence-corrected chi connectivity index (χ2v) is 8.11. The van der Waals surface area contributed by atoms with Gasteiger partial charge in [-0.2, -0.15) is 0 Å². The number of nitrogens with one attached hydrogen (secondary N) is 1. The number of amides is 1. The molecule has 0 spiro atoms. The van der Waals surface area contributed by atoms with Gasteiger partial charge in [-0.3, -0.25) is 9.59 Å². The SMILES string of the molecule is CC(C)OC(=O)CNC(=O)CCc1cc(SCCO)cc(SCCO)c1. The van der Waals surface area contributed by atoms with Crippen molar-refractivity contribution in [3.63, 3.8) is 0 Å². The van der Waals surface area contributed by atoms with Crippen molar-refractivity contribution in [2.24, 2.45) is 0 Å². The number of ether oxygens (including phenoxy) is 1. The zero-order valence-electron chi connectivity index (χ0n) is 15.2. The van der Waals surface area contributed by atoms with Crippen LogP contribution in [0.25, 0.3) is 0 Å². The third-order valence-corrected chi connectivity index (χ3v) is 5.01. The summed E-state index contributed by atoms with van der Waals surface area (Å²) in [5, 5.41) is 20.6. The lowest BCUT2D eigenvalue weighted by Crippen LogP contribution is -2.31. The van der Waals surface area contributed by atoms with Gasteiger partial charge < -0.3 is 20.3 Å². The van der Waals surface area contributed by atoms with Crippen LogP contribution in [0.2, 0.25) is 0 Å². The number of hydrogen-bond acceptors (Lipinski definition) is 7. The first-order valence-corrected chi connectivity index (χ1v) is 10.5. The van der Waals surface area contributed by atoms with E-state index in [9.17, 15) is 9.59 Å². The van der Waals surface area contributed by atoms with Crippen molar-refractivity contribution in [3.05, 3.63) is 23.8 Å². The van der Waals surface area contributed by atoms with Crippen molar-refractivity contribution in [3.8, 4) is 0 Å². The first-order valence-electron chi connectivity index (χ1n) is 8.52. The third kappa shape index (κ3) is 10.1. The number of aryl methyl sites for hydroxylation is 1. The minimum Gasteiger partial charge on any atom is -0.462 e. The molecule has 0 atom stereocenters. The molecule has 0 aromatic heterocycles. The van der Waals surface area contributed by atoms with Gasteiger partial charge in [0, 0.05) is 27.7 Å². The highest BCUT2D eigenvalue weighted by atomic mass is 32.2. The van der Waals surface area contributed by atoms with Gasteiger partial charge in [-0.25, -0.2) is 0 Å². The second-order valence-electron chi connectivity index (χ2n) is 5.77. The van der Waals surface area contributed by atoms with E-state index in [2.05, 4.69) is 5.32 Å². The van der Waals surface area contributed by atoms with Crippen LogP contribution in [-0.2, 0) is 20.7 Å². The van der Waals surface area contributed by atoms with Crippen LogP contribution in [0, 0.1) is 0 Å². The molecule has 8 heteroatoms. The molecule has 0 radical (unpaired) electrons. The number of thioether (sulfide) groups is 2. The Bertz CT molecular complexity index is 554. The molecule has 3 N–H and O–H groups in total. The average Bonchev–Trinajstić information content (AvgIpc) is 2.60. The lowest BCUT2D eigenvalue weighted by Gasteiger charge is -2.10. The lowest BCUT2D eigenvalue weighted by atomic mass is 10.1. The van der Waals surface area contributed by atoms with Gasteiger partial charge >= 0.3 is 5.97 Å². The summed E-state index contributed by atoms with van der Waals surface area (Å²) in [6.07, 6.45) is 0.617. The van der Waals surface area contributed by atoms with Gasteiger partial charge in [-0.15, -0.1) is 23.5 Å². The van der Waals surface area contributed by atoms with Gasteiger partial charge in [-0.1, -0.05) is 0 Å². The fourth-order valence-corrected chi connectivity index (χ4v) is 3.71. The van der Waals surface area contributed by atoms with E-state index < -0.39 is 5.97 Å². The number of aliphatic hydroxyl groups excluding tert-OH is 2. The maximum absolute atomic E-state index is 11.9. The van der Waals surface area contributed by atoms with E-state index in [4.69, 9.17) is 14.9 Å². The third-order valence-electron chi connectivity index (χ3n) is 3.10. The smallest absolute Gasteiger partial charge is 0.325 e. The van der Waals surface area contributed by atoms with Crippen molar-refractivity contribution in [1.29, 1.82) is 0 Å². The topological polar surface area (TPSA) is 95.9 Å². The summed E-state index contributed by atoms with van der Waals surface area (Å²) in [4.78, 5) is 25.4. The molecule has 146 valence electrons. The van der Waals surface area contributed by atoms with Gasteiger partial charge in [0.2, 0.25) is 5.91 Å². The minimum absolute atomic E-state index is 0.100. The van der Waals surface area contributed by atoms with E-state index in [1.54, 1.807) is 37.4 Å². The number of rotatable bonds is 12. The zero-order chi connectivity index (χ0) is 19.4. The molecule has 0 aliphatic rings. The molecule has 1 rings (SSSR count). The molecule has 0 aliphatic heterocycles. The van der Waals surface area contributed by atoms with Gasteiger partial charge in [0.25, 0.3) is 0 Å². The molecular weight excluding hydrogens is 374 g/mol. The zero-order valence-corrected chi connectivity index (χ0v) is 16.8. The Labute approximate surface area is 163 Å². The monoisotopic (exact) mass is 401 g/mol. The van der Waals surface area contributed by atoms with E-state index in [0.717, 1.165) is 15.4 Å². The highest BCUT2D eigenvalue weighted by Crippen LogP contribution is 2.27. The quantitative estimate of drug-likeness (QED) is 0.363. The van der Waals surface area contributed by atoms with Crippen LogP contribution in [0.3, 0.4) is 0 Å². The van der Waals surface area contributed by atoms with E-state index in [1.807, 2.05) is 18.2 Å². The number of carbonyl (C=O) groups excluding carboxylic acids is 2. The molecule has 0 saturated carbocycles. The summed E-state index contributed by atoms with van der Waals surface area (Å²) in [5.41, 5.74) is 1.01. The normalized spacial score (nSPS) is 10.8. The van der Waals surface area contributed by atoms with E-state index in [0.29, 0.717) is 17.9 Å². The van der Waals surface area contributed by atoms with Crippen molar-refractivity contribution >= 4 is 35.4 Å². The summed E-state index contributed by atoms with van der Waals surface area (Å²) in [6, 6.07) is 6.03. The van der Waals surface area contributed by atoms with E-state index in [1.165, 1.54) is 0 Å². The molecular formula is C18H27NO5S2. The number of carbonyl (C=O) groups is 2. The molecule has 1 aromatic carbocycles. The Kier molecular flexibility index (Phi) is 11.4. The minimum atomic E-state index is -0.446. The largest absolute Gasteiger partial charge is 0.462 e. The van der Waals surface area contributed by atoms with Crippen LogP contribution in [0.15, 0.2) is 28.0 Å². The number of esters is 1. The predicted molar refractivity (Wildman–Crippen MR) is 105 cm³/mol. The lowest BCUT2D eigenvalue weighted by molar-refractivity contribution is -0.147. The molecule has 0 fully saturated rings. The Hall–Kier alpha value is -1.22. The average molecular weight is 402 g/mol. The van der Waals surface area contributed by atoms with Gasteiger partial charge in [0.05, 0.1) is 19.3 Å². The predicted octanol–water partition coefficient (Wildman–Crippen LogP) is 1.86. The van der Waals surface area contributed by atoms with Crippen molar-refractivity contribution in [2.75, 3.05) is 31.3 Å². The Morgan fingerprint density at radius 2 is 1.65 bits per heavy atom. The summed E-state index contributed by atoms with van der Waals surface area (Å²) in [7, 11) is 0. The standard InChI is InChI=1S/C18H27NO5S2/c1-13(2)24-18(23)12-19-17(22)4-3-14-9-15(25-7-5-20)11-16(10-14)26-8-6-21/h9-11,13,20-21H,3-8,12H2,1-2H3,(H,19,22). The first kappa shape index (κ1) is 22.8. The molecule has 0 saturated heterocycles. The van der Waals surface area contributed by atoms with E-state index in [-0.39, 0.29) is 38.2 Å². The molecule has 0 heterocycles. The maximum Gasteiger partial charge on any atom is 0.325 e. The number of hydrogen-bond donors (Lipinski definition) is 3. The Balaban J connectivity index is 2.57. The second kappa shape index (κ2) is 13.0. The molecule has 1 aromatic rings. The molecule has 6 nitrogen and oxygen atoms in total. The summed E-state index contributed by atoms with van der Waals surface area (Å²) >= 11 is 3.10. The van der Waals surface area contributed by atoms with Crippen molar-refractivity contribution in [1.82, 2.24) is 5.32 Å². The Morgan fingerprint density at radius 1 is 1.08 bits per heavy atom.